The van der Waals surface area contributed by atoms with Gasteiger partial charge in [0.05, 0.1) is 16.8 Å². The van der Waals surface area contributed by atoms with E-state index in [-0.39, 0.29) is 5.91 Å². The minimum atomic E-state index is 0.285. The molecule has 1 aliphatic carbocycles. The van der Waals surface area contributed by atoms with Crippen LogP contribution in [0, 0.1) is 12.8 Å². The summed E-state index contributed by atoms with van der Waals surface area (Å²) < 4.78 is 0. The van der Waals surface area contributed by atoms with Crippen molar-refractivity contribution in [2.75, 3.05) is 12.3 Å². The summed E-state index contributed by atoms with van der Waals surface area (Å²) >= 11 is 1.54. The highest BCUT2D eigenvalue weighted by Gasteiger charge is 2.35. The molecule has 1 aliphatic heterocycles. The minimum Gasteiger partial charge on any atom is -0.339 e. The van der Waals surface area contributed by atoms with E-state index in [4.69, 9.17) is 0 Å². The maximum atomic E-state index is 12.8. The number of fused-ring (bicyclic) bond motifs is 2. The molecule has 128 valence electrons. The SMILES string of the molecule is Cc1ccc2nc(SCC(=O)N3CCC[C@@H]4CCCC[C@@H]43)[nH]c2c1. The van der Waals surface area contributed by atoms with Gasteiger partial charge in [0.1, 0.15) is 0 Å². The molecule has 2 aromatic rings. The molecule has 1 aromatic heterocycles. The zero-order chi connectivity index (χ0) is 16.5. The van der Waals surface area contributed by atoms with Crippen LogP contribution in [-0.4, -0.2) is 39.1 Å². The van der Waals surface area contributed by atoms with E-state index in [0.717, 1.165) is 28.7 Å². The smallest absolute Gasteiger partial charge is 0.233 e. The number of thioether (sulfide) groups is 1. The molecule has 1 saturated carbocycles. The molecule has 4 nitrogen and oxygen atoms in total. The summed E-state index contributed by atoms with van der Waals surface area (Å²) in [5.74, 6) is 1.52. The largest absolute Gasteiger partial charge is 0.339 e. The molecule has 24 heavy (non-hydrogen) atoms. The standard InChI is InChI=1S/C19H25N3OS/c1-13-8-9-15-16(11-13)21-19(20-15)24-12-18(23)22-10-4-6-14-5-2-3-7-17(14)22/h8-9,11,14,17H,2-7,10,12H2,1H3,(H,20,21)/t14-,17-/m0/s1. The quantitative estimate of drug-likeness (QED) is 0.852. The van der Waals surface area contributed by atoms with Gasteiger partial charge in [-0.2, -0.15) is 0 Å². The molecule has 1 aromatic carbocycles. The first-order chi connectivity index (χ1) is 11.7. The van der Waals surface area contributed by atoms with Crippen LogP contribution in [0.2, 0.25) is 0 Å². The monoisotopic (exact) mass is 343 g/mol. The van der Waals surface area contributed by atoms with E-state index >= 15 is 0 Å². The number of rotatable bonds is 3. The predicted molar refractivity (Wildman–Crippen MR) is 98.2 cm³/mol. The molecule has 0 bridgehead atoms. The number of piperidine rings is 1. The van der Waals surface area contributed by atoms with Crippen molar-refractivity contribution in [3.05, 3.63) is 23.8 Å². The van der Waals surface area contributed by atoms with Gasteiger partial charge in [-0.25, -0.2) is 4.98 Å². The molecule has 1 N–H and O–H groups in total. The Morgan fingerprint density at radius 3 is 3.04 bits per heavy atom. The van der Waals surface area contributed by atoms with E-state index in [2.05, 4.69) is 33.9 Å². The zero-order valence-electron chi connectivity index (χ0n) is 14.3. The number of aromatic nitrogens is 2. The van der Waals surface area contributed by atoms with E-state index in [1.165, 1.54) is 55.9 Å². The van der Waals surface area contributed by atoms with Gasteiger partial charge in [0.25, 0.3) is 0 Å². The third-order valence-electron chi connectivity index (χ3n) is 5.51. The van der Waals surface area contributed by atoms with Crippen molar-refractivity contribution < 1.29 is 4.79 Å². The van der Waals surface area contributed by atoms with Crippen molar-refractivity contribution in [3.63, 3.8) is 0 Å². The molecular formula is C19H25N3OS. The van der Waals surface area contributed by atoms with E-state index in [1.807, 2.05) is 6.07 Å². The van der Waals surface area contributed by atoms with Crippen molar-refractivity contribution in [2.45, 2.75) is 56.6 Å². The van der Waals surface area contributed by atoms with Gasteiger partial charge < -0.3 is 9.88 Å². The fourth-order valence-corrected chi connectivity index (χ4v) is 5.09. The molecule has 2 aliphatic rings. The maximum Gasteiger partial charge on any atom is 0.233 e. The van der Waals surface area contributed by atoms with Crippen LogP contribution in [0.5, 0.6) is 0 Å². The number of aryl methyl sites for hydroxylation is 1. The average Bonchev–Trinajstić information content (AvgIpc) is 3.01. The lowest BCUT2D eigenvalue weighted by atomic mass is 9.78. The molecule has 4 rings (SSSR count). The molecule has 2 fully saturated rings. The van der Waals surface area contributed by atoms with Crippen molar-refractivity contribution in [1.29, 1.82) is 0 Å². The first kappa shape index (κ1) is 16.0. The van der Waals surface area contributed by atoms with Gasteiger partial charge in [0.15, 0.2) is 5.16 Å². The zero-order valence-corrected chi connectivity index (χ0v) is 15.1. The number of H-pyrrole nitrogens is 1. The third-order valence-corrected chi connectivity index (χ3v) is 6.37. The number of imidazole rings is 1. The Bertz CT molecular complexity index is 739. The highest BCUT2D eigenvalue weighted by molar-refractivity contribution is 7.99. The van der Waals surface area contributed by atoms with Crippen LogP contribution in [-0.2, 0) is 4.79 Å². The number of nitrogens with zero attached hydrogens (tertiary/aromatic N) is 2. The number of carbonyl (C=O) groups is 1. The number of amides is 1. The van der Waals surface area contributed by atoms with E-state index in [9.17, 15) is 4.79 Å². The topological polar surface area (TPSA) is 49.0 Å². The Balaban J connectivity index is 1.41. The van der Waals surface area contributed by atoms with Gasteiger partial charge in [-0.3, -0.25) is 4.79 Å². The molecule has 5 heteroatoms. The molecule has 1 amide bonds. The molecule has 1 saturated heterocycles. The van der Waals surface area contributed by atoms with Gasteiger partial charge in [-0.05, 0) is 56.2 Å². The Morgan fingerprint density at radius 1 is 1.29 bits per heavy atom. The number of aromatic amines is 1. The summed E-state index contributed by atoms with van der Waals surface area (Å²) in [6.45, 7) is 3.02. The van der Waals surface area contributed by atoms with Crippen LogP contribution < -0.4 is 0 Å². The Kier molecular flexibility index (Phi) is 4.53. The first-order valence-electron chi connectivity index (χ1n) is 9.09. The van der Waals surface area contributed by atoms with Crippen LogP contribution in [0.25, 0.3) is 11.0 Å². The Labute approximate surface area is 147 Å². The predicted octanol–water partition coefficient (Wildman–Crippen LogP) is 4.14. The van der Waals surface area contributed by atoms with E-state index in [1.54, 1.807) is 0 Å². The van der Waals surface area contributed by atoms with Gasteiger partial charge in [-0.15, -0.1) is 0 Å². The second-order valence-corrected chi connectivity index (χ2v) is 8.16. The summed E-state index contributed by atoms with van der Waals surface area (Å²) in [7, 11) is 0. The summed E-state index contributed by atoms with van der Waals surface area (Å²) in [5.41, 5.74) is 3.24. The lowest BCUT2D eigenvalue weighted by molar-refractivity contribution is -0.134. The van der Waals surface area contributed by atoms with Gasteiger partial charge in [0.2, 0.25) is 5.91 Å². The normalized spacial score (nSPS) is 24.1. The van der Waals surface area contributed by atoms with Gasteiger partial charge in [0, 0.05) is 12.6 Å². The van der Waals surface area contributed by atoms with Crippen molar-refractivity contribution >= 4 is 28.7 Å². The van der Waals surface area contributed by atoms with Crippen molar-refractivity contribution in [2.24, 2.45) is 5.92 Å². The lowest BCUT2D eigenvalue weighted by Crippen LogP contribution is -2.50. The summed E-state index contributed by atoms with van der Waals surface area (Å²) in [6, 6.07) is 6.70. The number of nitrogens with one attached hydrogen (secondary N) is 1. The second kappa shape index (κ2) is 6.79. The number of likely N-dealkylation sites (tertiary alicyclic amines) is 1. The first-order valence-corrected chi connectivity index (χ1v) is 10.1. The third kappa shape index (κ3) is 3.18. The average molecular weight is 343 g/mol. The number of hydrogen-bond acceptors (Lipinski definition) is 3. The Hall–Kier alpha value is -1.49. The van der Waals surface area contributed by atoms with Crippen LogP contribution in [0.1, 0.15) is 44.1 Å². The summed E-state index contributed by atoms with van der Waals surface area (Å²) in [6.07, 6.45) is 7.61. The highest BCUT2D eigenvalue weighted by atomic mass is 32.2. The Morgan fingerprint density at radius 2 is 2.12 bits per heavy atom. The van der Waals surface area contributed by atoms with Crippen molar-refractivity contribution in [1.82, 2.24) is 14.9 Å². The highest BCUT2D eigenvalue weighted by Crippen LogP contribution is 2.35. The minimum absolute atomic E-state index is 0.285. The fourth-order valence-electron chi connectivity index (χ4n) is 4.32. The van der Waals surface area contributed by atoms with Crippen molar-refractivity contribution in [3.8, 4) is 0 Å². The van der Waals surface area contributed by atoms with Crippen LogP contribution >= 0.6 is 11.8 Å². The molecular weight excluding hydrogens is 318 g/mol. The molecule has 2 atom stereocenters. The van der Waals surface area contributed by atoms with Gasteiger partial charge >= 0.3 is 0 Å². The number of hydrogen-bond donors (Lipinski definition) is 1. The summed E-state index contributed by atoms with van der Waals surface area (Å²) in [5, 5.41) is 0.848. The molecule has 2 heterocycles. The molecule has 0 radical (unpaired) electrons. The van der Waals surface area contributed by atoms with Crippen LogP contribution in [0.3, 0.4) is 0 Å². The maximum absolute atomic E-state index is 12.8. The summed E-state index contributed by atoms with van der Waals surface area (Å²) in [4.78, 5) is 22.9. The van der Waals surface area contributed by atoms with Crippen LogP contribution in [0.4, 0.5) is 0 Å². The second-order valence-electron chi connectivity index (χ2n) is 7.19. The van der Waals surface area contributed by atoms with E-state index < -0.39 is 0 Å². The number of benzene rings is 1. The van der Waals surface area contributed by atoms with Crippen LogP contribution in [0.15, 0.2) is 23.4 Å². The fraction of sp³-hybridized carbons (Fsp3) is 0.579. The lowest BCUT2D eigenvalue weighted by Gasteiger charge is -2.44. The number of carbonyl (C=O) groups excluding carboxylic acids is 1. The van der Waals surface area contributed by atoms with Gasteiger partial charge in [-0.1, -0.05) is 30.7 Å². The van der Waals surface area contributed by atoms with E-state index in [0.29, 0.717) is 11.8 Å². The molecule has 0 spiro atoms. The molecule has 0 unspecified atom stereocenters.